The van der Waals surface area contributed by atoms with Crippen LogP contribution in [0.4, 0.5) is 0 Å². The molecular weight excluding hydrogens is 228 g/mol. The Morgan fingerprint density at radius 3 is 2.44 bits per heavy atom. The lowest BCUT2D eigenvalue weighted by Gasteiger charge is -2.18. The van der Waals surface area contributed by atoms with Gasteiger partial charge in [-0.25, -0.2) is 0 Å². The van der Waals surface area contributed by atoms with E-state index in [-0.39, 0.29) is 17.5 Å². The lowest BCUT2D eigenvalue weighted by atomic mass is 9.86. The standard InChI is InChI=1S/C15H20O3/c1-9(2)13(16)6-5-10(3)12-8-14(17)11(4)7-15(12)18/h7-8,10,13,16H,1,5-6H2,2-4H3/t10-,13?/m1/s1. The molecule has 1 aliphatic carbocycles. The van der Waals surface area contributed by atoms with Gasteiger partial charge < -0.3 is 5.11 Å². The molecule has 98 valence electrons. The number of hydrogen-bond donors (Lipinski definition) is 1. The van der Waals surface area contributed by atoms with Gasteiger partial charge in [0.05, 0.1) is 6.10 Å². The van der Waals surface area contributed by atoms with Crippen LogP contribution in [0, 0.1) is 5.92 Å². The number of aliphatic hydroxyl groups is 1. The van der Waals surface area contributed by atoms with Gasteiger partial charge in [-0.3, -0.25) is 9.59 Å². The molecule has 0 heterocycles. The van der Waals surface area contributed by atoms with Crippen molar-refractivity contribution in [3.8, 4) is 0 Å². The highest BCUT2D eigenvalue weighted by Crippen LogP contribution is 2.24. The number of aliphatic hydroxyl groups excluding tert-OH is 1. The Morgan fingerprint density at radius 2 is 1.89 bits per heavy atom. The molecule has 0 bridgehead atoms. The zero-order valence-electron chi connectivity index (χ0n) is 11.2. The van der Waals surface area contributed by atoms with E-state index in [1.807, 2.05) is 6.92 Å². The lowest BCUT2D eigenvalue weighted by Crippen LogP contribution is -2.18. The summed E-state index contributed by atoms with van der Waals surface area (Å²) in [6.45, 7) is 9.00. The first-order chi connectivity index (χ1) is 8.32. The Hall–Kier alpha value is -1.48. The third-order valence-corrected chi connectivity index (χ3v) is 3.28. The Morgan fingerprint density at radius 1 is 1.28 bits per heavy atom. The SMILES string of the molecule is C=C(C)C(O)CC[C@@H](C)C1=CC(=O)C(C)=CC1=O. The lowest BCUT2D eigenvalue weighted by molar-refractivity contribution is -0.115. The van der Waals surface area contributed by atoms with Crippen LogP contribution in [0.5, 0.6) is 0 Å². The first kappa shape index (κ1) is 14.6. The van der Waals surface area contributed by atoms with Crippen LogP contribution in [0.25, 0.3) is 0 Å². The first-order valence-corrected chi connectivity index (χ1v) is 6.15. The van der Waals surface area contributed by atoms with Crippen molar-refractivity contribution in [2.24, 2.45) is 5.92 Å². The highest BCUT2D eigenvalue weighted by molar-refractivity contribution is 6.19. The van der Waals surface area contributed by atoms with E-state index in [0.717, 1.165) is 5.57 Å². The molecule has 1 rings (SSSR count). The fourth-order valence-electron chi connectivity index (χ4n) is 1.87. The minimum atomic E-state index is -0.542. The molecule has 2 atom stereocenters. The van der Waals surface area contributed by atoms with Crippen LogP contribution in [0.15, 0.2) is 35.5 Å². The molecule has 0 saturated heterocycles. The Labute approximate surface area is 108 Å². The van der Waals surface area contributed by atoms with E-state index in [1.165, 1.54) is 12.2 Å². The molecule has 0 saturated carbocycles. The van der Waals surface area contributed by atoms with Gasteiger partial charge in [-0.15, -0.1) is 0 Å². The van der Waals surface area contributed by atoms with E-state index in [4.69, 9.17) is 0 Å². The summed E-state index contributed by atoms with van der Waals surface area (Å²) in [6, 6.07) is 0. The van der Waals surface area contributed by atoms with Crippen molar-refractivity contribution in [3.05, 3.63) is 35.5 Å². The molecule has 0 aromatic rings. The second-order valence-corrected chi connectivity index (χ2v) is 5.00. The summed E-state index contributed by atoms with van der Waals surface area (Å²) in [5.41, 5.74) is 1.75. The van der Waals surface area contributed by atoms with Crippen molar-refractivity contribution >= 4 is 11.6 Å². The van der Waals surface area contributed by atoms with Crippen molar-refractivity contribution in [2.45, 2.75) is 39.7 Å². The first-order valence-electron chi connectivity index (χ1n) is 6.15. The molecular formula is C15H20O3. The summed E-state index contributed by atoms with van der Waals surface area (Å²) in [4.78, 5) is 23.3. The normalized spacial score (nSPS) is 19.1. The molecule has 1 N–H and O–H groups in total. The van der Waals surface area contributed by atoms with Gasteiger partial charge in [-0.05, 0) is 44.8 Å². The predicted octanol–water partition coefficient (Wildman–Crippen LogP) is 2.36. The summed E-state index contributed by atoms with van der Waals surface area (Å²) in [5, 5.41) is 9.65. The van der Waals surface area contributed by atoms with Crippen LogP contribution in [0.3, 0.4) is 0 Å². The molecule has 0 amide bonds. The van der Waals surface area contributed by atoms with Crippen molar-refractivity contribution in [1.29, 1.82) is 0 Å². The van der Waals surface area contributed by atoms with E-state index in [2.05, 4.69) is 6.58 Å². The minimum absolute atomic E-state index is 0.0280. The van der Waals surface area contributed by atoms with E-state index in [9.17, 15) is 14.7 Å². The van der Waals surface area contributed by atoms with E-state index in [0.29, 0.717) is 24.0 Å². The number of ketones is 2. The van der Waals surface area contributed by atoms with Crippen LogP contribution in [-0.4, -0.2) is 22.8 Å². The van der Waals surface area contributed by atoms with Gasteiger partial charge in [0.2, 0.25) is 0 Å². The molecule has 18 heavy (non-hydrogen) atoms. The topological polar surface area (TPSA) is 54.4 Å². The average Bonchev–Trinajstić information content (AvgIpc) is 2.30. The number of rotatable bonds is 5. The molecule has 0 radical (unpaired) electrons. The van der Waals surface area contributed by atoms with E-state index >= 15 is 0 Å². The number of carbonyl (C=O) groups is 2. The molecule has 0 aliphatic heterocycles. The number of carbonyl (C=O) groups excluding carboxylic acids is 2. The minimum Gasteiger partial charge on any atom is -0.389 e. The molecule has 1 unspecified atom stereocenters. The molecule has 3 heteroatoms. The molecule has 0 aromatic heterocycles. The van der Waals surface area contributed by atoms with Crippen LogP contribution in [0.2, 0.25) is 0 Å². The summed E-state index contributed by atoms with van der Waals surface area (Å²) >= 11 is 0. The zero-order valence-corrected chi connectivity index (χ0v) is 11.2. The van der Waals surface area contributed by atoms with Crippen LogP contribution < -0.4 is 0 Å². The number of allylic oxidation sites excluding steroid dienone is 4. The van der Waals surface area contributed by atoms with Crippen molar-refractivity contribution in [1.82, 2.24) is 0 Å². The quantitative estimate of drug-likeness (QED) is 0.600. The average molecular weight is 248 g/mol. The van der Waals surface area contributed by atoms with E-state index in [1.54, 1.807) is 13.8 Å². The van der Waals surface area contributed by atoms with Crippen molar-refractivity contribution in [2.75, 3.05) is 0 Å². The van der Waals surface area contributed by atoms with Gasteiger partial charge >= 0.3 is 0 Å². The van der Waals surface area contributed by atoms with Crippen LogP contribution >= 0.6 is 0 Å². The summed E-state index contributed by atoms with van der Waals surface area (Å²) in [7, 11) is 0. The maximum Gasteiger partial charge on any atom is 0.182 e. The Balaban J connectivity index is 2.65. The van der Waals surface area contributed by atoms with Gasteiger partial charge in [0.25, 0.3) is 0 Å². The van der Waals surface area contributed by atoms with Crippen molar-refractivity contribution < 1.29 is 14.7 Å². The van der Waals surface area contributed by atoms with E-state index < -0.39 is 6.10 Å². The van der Waals surface area contributed by atoms with Gasteiger partial charge in [-0.2, -0.15) is 0 Å². The Bertz CT molecular complexity index is 441. The third kappa shape index (κ3) is 3.50. The van der Waals surface area contributed by atoms with Crippen LogP contribution in [-0.2, 0) is 9.59 Å². The number of hydrogen-bond acceptors (Lipinski definition) is 3. The third-order valence-electron chi connectivity index (χ3n) is 3.28. The second-order valence-electron chi connectivity index (χ2n) is 5.00. The Kier molecular flexibility index (Phi) is 4.79. The van der Waals surface area contributed by atoms with Gasteiger partial charge in [0.1, 0.15) is 0 Å². The smallest absolute Gasteiger partial charge is 0.182 e. The largest absolute Gasteiger partial charge is 0.389 e. The van der Waals surface area contributed by atoms with Gasteiger partial charge in [-0.1, -0.05) is 19.1 Å². The highest BCUT2D eigenvalue weighted by atomic mass is 16.3. The predicted molar refractivity (Wildman–Crippen MR) is 71.1 cm³/mol. The molecule has 0 fully saturated rings. The summed E-state index contributed by atoms with van der Waals surface area (Å²) < 4.78 is 0. The monoisotopic (exact) mass is 248 g/mol. The summed E-state index contributed by atoms with van der Waals surface area (Å²) in [5.74, 6) is -0.221. The maximum absolute atomic E-state index is 11.8. The molecule has 0 spiro atoms. The molecule has 1 aliphatic rings. The van der Waals surface area contributed by atoms with Crippen molar-refractivity contribution in [3.63, 3.8) is 0 Å². The maximum atomic E-state index is 11.8. The highest BCUT2D eigenvalue weighted by Gasteiger charge is 2.22. The fourth-order valence-corrected chi connectivity index (χ4v) is 1.87. The van der Waals surface area contributed by atoms with Crippen LogP contribution in [0.1, 0.15) is 33.6 Å². The fraction of sp³-hybridized carbons (Fsp3) is 0.467. The molecule has 0 aromatic carbocycles. The molecule has 3 nitrogen and oxygen atoms in total. The zero-order chi connectivity index (χ0) is 13.9. The summed E-state index contributed by atoms with van der Waals surface area (Å²) in [6.07, 6.45) is 3.49. The second kappa shape index (κ2) is 5.91. The van der Waals surface area contributed by atoms with Gasteiger partial charge in [0, 0.05) is 11.1 Å². The van der Waals surface area contributed by atoms with Gasteiger partial charge in [0.15, 0.2) is 11.6 Å².